The van der Waals surface area contributed by atoms with Gasteiger partial charge in [0.1, 0.15) is 34.8 Å². The predicted molar refractivity (Wildman–Crippen MR) is 168 cm³/mol. The predicted octanol–water partition coefficient (Wildman–Crippen LogP) is 5.46. The molecule has 1 atom stereocenters. The van der Waals surface area contributed by atoms with Gasteiger partial charge in [0.05, 0.1) is 29.1 Å². The Morgan fingerprint density at radius 1 is 1.14 bits per heavy atom. The largest absolute Gasteiger partial charge is 0.497 e. The molecule has 0 saturated carbocycles. The number of methoxy groups -OCH3 is 1. The number of rotatable bonds is 9. The second-order valence-electron chi connectivity index (χ2n) is 9.52. The second-order valence-corrected chi connectivity index (χ2v) is 9.93. The molecule has 0 bridgehead atoms. The fourth-order valence-corrected chi connectivity index (χ4v) is 4.97. The standard InChI is InChI=1S/C31H28ClN7O3/c1-19(7-6-15-33-3)39-29(37-24-9-5-8-23(32)26(24)31(39)41)20(2)36-28-27-25(40)14-16-38(30(27)35-18-34-28)17-21-10-12-22(42-4)13-11-21/h5-16,18,20H,3,17H2,1-2,4H3,(H,34,35,36)/b15-6-,19-7+. The van der Waals surface area contributed by atoms with Gasteiger partial charge >= 0.3 is 0 Å². The lowest BCUT2D eigenvalue weighted by molar-refractivity contribution is 0.414. The lowest BCUT2D eigenvalue weighted by Gasteiger charge is -2.21. The topological polar surface area (TPSA) is 116 Å². The number of fused-ring (bicyclic) bond motifs is 2. The van der Waals surface area contributed by atoms with Gasteiger partial charge in [-0.15, -0.1) is 0 Å². The zero-order chi connectivity index (χ0) is 29.8. The molecule has 5 aromatic rings. The van der Waals surface area contributed by atoms with Gasteiger partial charge in [-0.2, -0.15) is 0 Å². The summed E-state index contributed by atoms with van der Waals surface area (Å²) in [4.78, 5) is 44.2. The number of aromatic nitrogens is 5. The normalized spacial score (nSPS) is 12.6. The maximum atomic E-state index is 13.7. The monoisotopic (exact) mass is 581 g/mol. The summed E-state index contributed by atoms with van der Waals surface area (Å²) in [5.74, 6) is 1.49. The number of hydrogen-bond donors (Lipinski definition) is 1. The van der Waals surface area contributed by atoms with Crippen molar-refractivity contribution in [1.29, 1.82) is 0 Å². The Kier molecular flexibility index (Phi) is 8.26. The first-order chi connectivity index (χ1) is 20.3. The summed E-state index contributed by atoms with van der Waals surface area (Å²) in [6.07, 6.45) is 8.04. The molecule has 10 nitrogen and oxygen atoms in total. The lowest BCUT2D eigenvalue weighted by atomic mass is 10.2. The fourth-order valence-electron chi connectivity index (χ4n) is 4.72. The first-order valence-corrected chi connectivity index (χ1v) is 13.4. The molecule has 3 aromatic heterocycles. The molecular weight excluding hydrogens is 554 g/mol. The van der Waals surface area contributed by atoms with Crippen molar-refractivity contribution in [2.45, 2.75) is 26.4 Å². The van der Waals surface area contributed by atoms with Crippen LogP contribution in [0, 0.1) is 0 Å². The van der Waals surface area contributed by atoms with Crippen LogP contribution in [0.3, 0.4) is 0 Å². The molecule has 11 heteroatoms. The highest BCUT2D eigenvalue weighted by molar-refractivity contribution is 6.35. The molecule has 2 aromatic carbocycles. The van der Waals surface area contributed by atoms with E-state index in [4.69, 9.17) is 21.3 Å². The van der Waals surface area contributed by atoms with Crippen LogP contribution in [0.25, 0.3) is 27.6 Å². The molecule has 42 heavy (non-hydrogen) atoms. The number of ether oxygens (including phenoxy) is 1. The van der Waals surface area contributed by atoms with Gasteiger partial charge in [-0.05, 0) is 62.5 Å². The molecule has 0 amide bonds. The number of benzene rings is 2. The molecule has 0 radical (unpaired) electrons. The van der Waals surface area contributed by atoms with E-state index >= 15 is 0 Å². The molecule has 0 aliphatic carbocycles. The summed E-state index contributed by atoms with van der Waals surface area (Å²) in [7, 11) is 1.62. The molecule has 0 fully saturated rings. The van der Waals surface area contributed by atoms with E-state index in [-0.39, 0.29) is 11.0 Å². The number of pyridine rings is 1. The number of aliphatic imine (C=N–C) groups is 1. The molecule has 1 N–H and O–H groups in total. The highest BCUT2D eigenvalue weighted by Gasteiger charge is 2.21. The second kappa shape index (κ2) is 12.2. The minimum atomic E-state index is -0.557. The molecule has 212 valence electrons. The SMILES string of the molecule is C=N/C=C\C=C(/C)n1c(C(C)Nc2ncnc3c2c(=O)ccn3Cc2ccc(OC)cc2)nc2cccc(Cl)c2c1=O. The minimum Gasteiger partial charge on any atom is -0.497 e. The molecule has 1 unspecified atom stereocenters. The van der Waals surface area contributed by atoms with E-state index in [9.17, 15) is 9.59 Å². The van der Waals surface area contributed by atoms with Gasteiger partial charge in [0, 0.05) is 30.7 Å². The maximum Gasteiger partial charge on any atom is 0.267 e. The van der Waals surface area contributed by atoms with Gasteiger partial charge < -0.3 is 14.6 Å². The van der Waals surface area contributed by atoms with Crippen LogP contribution in [0.15, 0.2) is 94.0 Å². The van der Waals surface area contributed by atoms with Crippen molar-refractivity contribution < 1.29 is 4.74 Å². The average Bonchev–Trinajstić information content (AvgIpc) is 2.99. The lowest BCUT2D eigenvalue weighted by Crippen LogP contribution is -2.28. The highest BCUT2D eigenvalue weighted by atomic mass is 35.5. The molecule has 5 rings (SSSR count). The fraction of sp³-hybridized carbons (Fsp3) is 0.161. The molecule has 0 spiro atoms. The molecule has 0 aliphatic heterocycles. The van der Waals surface area contributed by atoms with Crippen LogP contribution in [0.5, 0.6) is 5.75 Å². The number of nitrogens with zero attached hydrogens (tertiary/aromatic N) is 6. The van der Waals surface area contributed by atoms with Crippen molar-refractivity contribution >= 4 is 51.8 Å². The molecule has 0 aliphatic rings. The van der Waals surface area contributed by atoms with Crippen LogP contribution in [-0.4, -0.2) is 37.9 Å². The maximum absolute atomic E-state index is 13.7. The molecule has 0 saturated heterocycles. The van der Waals surface area contributed by atoms with E-state index in [0.717, 1.165) is 11.3 Å². The number of anilines is 1. The Bertz CT molecular complexity index is 1980. The summed E-state index contributed by atoms with van der Waals surface area (Å²) in [6, 6.07) is 13.7. The zero-order valence-corrected chi connectivity index (χ0v) is 24.0. The van der Waals surface area contributed by atoms with Crippen molar-refractivity contribution in [3.8, 4) is 5.75 Å². The van der Waals surface area contributed by atoms with Crippen LogP contribution >= 0.6 is 11.6 Å². The Morgan fingerprint density at radius 2 is 1.93 bits per heavy atom. The Hall–Kier alpha value is -5.09. The third kappa shape index (κ3) is 5.57. The van der Waals surface area contributed by atoms with E-state index in [0.29, 0.717) is 50.8 Å². The van der Waals surface area contributed by atoms with E-state index in [1.54, 1.807) is 50.6 Å². The van der Waals surface area contributed by atoms with Crippen molar-refractivity contribution in [2.24, 2.45) is 4.99 Å². The smallest absolute Gasteiger partial charge is 0.267 e. The van der Waals surface area contributed by atoms with Crippen LogP contribution in [0.2, 0.25) is 5.02 Å². The van der Waals surface area contributed by atoms with Gasteiger partial charge in [-0.25, -0.2) is 15.0 Å². The summed E-state index contributed by atoms with van der Waals surface area (Å²) in [5.41, 5.74) is 1.97. The summed E-state index contributed by atoms with van der Waals surface area (Å²) in [5, 5.41) is 4.25. The van der Waals surface area contributed by atoms with E-state index in [2.05, 4.69) is 27.0 Å². The summed E-state index contributed by atoms with van der Waals surface area (Å²) in [6.45, 7) is 7.55. The number of halogens is 1. The highest BCUT2D eigenvalue weighted by Crippen LogP contribution is 2.26. The number of allylic oxidation sites excluding steroid dienone is 3. The quantitative estimate of drug-likeness (QED) is 0.181. The average molecular weight is 582 g/mol. The zero-order valence-electron chi connectivity index (χ0n) is 23.3. The first kappa shape index (κ1) is 28.4. The molecule has 3 heterocycles. The third-order valence-corrected chi connectivity index (χ3v) is 7.07. The number of hydrogen-bond acceptors (Lipinski definition) is 8. The van der Waals surface area contributed by atoms with Crippen molar-refractivity contribution in [3.05, 3.63) is 116 Å². The Labute approximate surface area is 246 Å². The van der Waals surface area contributed by atoms with E-state index in [1.165, 1.54) is 23.2 Å². The van der Waals surface area contributed by atoms with Crippen LogP contribution < -0.4 is 21.0 Å². The van der Waals surface area contributed by atoms with Crippen LogP contribution in [0.1, 0.15) is 31.3 Å². The Balaban J connectivity index is 1.60. The van der Waals surface area contributed by atoms with Gasteiger partial charge in [-0.3, -0.25) is 19.1 Å². The van der Waals surface area contributed by atoms with Crippen LogP contribution in [-0.2, 0) is 6.54 Å². The summed E-state index contributed by atoms with van der Waals surface area (Å²) < 4.78 is 8.63. The first-order valence-electron chi connectivity index (χ1n) is 13.1. The summed E-state index contributed by atoms with van der Waals surface area (Å²) >= 11 is 6.41. The van der Waals surface area contributed by atoms with E-state index in [1.807, 2.05) is 35.8 Å². The van der Waals surface area contributed by atoms with Gasteiger partial charge in [0.25, 0.3) is 5.56 Å². The van der Waals surface area contributed by atoms with Gasteiger partial charge in [0.15, 0.2) is 5.43 Å². The molecular formula is C31H28ClN7O3. The minimum absolute atomic E-state index is 0.236. The van der Waals surface area contributed by atoms with Crippen molar-refractivity contribution in [1.82, 2.24) is 24.1 Å². The van der Waals surface area contributed by atoms with Gasteiger partial charge in [-0.1, -0.05) is 29.8 Å². The Morgan fingerprint density at radius 3 is 2.67 bits per heavy atom. The van der Waals surface area contributed by atoms with Crippen molar-refractivity contribution in [3.63, 3.8) is 0 Å². The van der Waals surface area contributed by atoms with Gasteiger partial charge in [0.2, 0.25) is 0 Å². The van der Waals surface area contributed by atoms with E-state index < -0.39 is 6.04 Å². The third-order valence-electron chi connectivity index (χ3n) is 6.76. The van der Waals surface area contributed by atoms with Crippen molar-refractivity contribution in [2.75, 3.05) is 12.4 Å². The van der Waals surface area contributed by atoms with Crippen LogP contribution in [0.4, 0.5) is 5.82 Å². The number of nitrogens with one attached hydrogen (secondary N) is 1.